The number of halogens is 1. The normalized spacial score (nSPS) is 25.4. The van der Waals surface area contributed by atoms with Crippen LogP contribution in [0.5, 0.6) is 0 Å². The van der Waals surface area contributed by atoms with Crippen LogP contribution in [0.1, 0.15) is 29.8 Å². The second kappa shape index (κ2) is 11.4. The minimum Gasteiger partial charge on any atom is -0.829 e. The molecule has 0 aromatic heterocycles. The zero-order chi connectivity index (χ0) is 23.1. The number of ether oxygens (including phenoxy) is 3. The van der Waals surface area contributed by atoms with Crippen molar-refractivity contribution in [2.24, 2.45) is 0 Å². The number of aliphatic hydroxyl groups excluding tert-OH is 1. The molecule has 1 aliphatic rings. The van der Waals surface area contributed by atoms with Crippen molar-refractivity contribution < 1.29 is 38.8 Å². The Hall–Kier alpha value is -2.27. The number of nitrogens with zero attached hydrogens (tertiary/aromatic N) is 1. The van der Waals surface area contributed by atoms with E-state index in [-0.39, 0.29) is 12.1 Å². The summed E-state index contributed by atoms with van der Waals surface area (Å²) in [5.74, 6) is -1.98. The predicted octanol–water partition coefficient (Wildman–Crippen LogP) is 0.519. The molecule has 1 N–H and O–H groups in total. The number of carbonyl (C=O) groups is 3. The number of hydrogen-bond donors (Lipinski definition) is 1. The average Bonchev–Trinajstić information content (AvgIpc) is 2.73. The summed E-state index contributed by atoms with van der Waals surface area (Å²) in [6, 6.07) is 5.41. The second-order valence-electron chi connectivity index (χ2n) is 6.91. The molecule has 0 bridgehead atoms. The van der Waals surface area contributed by atoms with Crippen LogP contribution in [0.25, 0.3) is 0 Å². The van der Waals surface area contributed by atoms with E-state index in [0.717, 1.165) is 11.8 Å². The maximum atomic E-state index is 12.9. The van der Waals surface area contributed by atoms with Crippen LogP contribution in [0.15, 0.2) is 36.9 Å². The van der Waals surface area contributed by atoms with Gasteiger partial charge in [-0.25, -0.2) is 4.79 Å². The Morgan fingerprint density at radius 1 is 1.26 bits per heavy atom. The van der Waals surface area contributed by atoms with Crippen LogP contribution in [0.4, 0.5) is 0 Å². The van der Waals surface area contributed by atoms with Crippen molar-refractivity contribution in [1.29, 1.82) is 0 Å². The molecule has 2 rings (SSSR count). The number of amides is 1. The molecule has 1 aromatic rings. The highest BCUT2D eigenvalue weighted by atomic mass is 79.9. The largest absolute Gasteiger partial charge is 0.829 e. The first-order valence-electron chi connectivity index (χ1n) is 9.57. The highest BCUT2D eigenvalue weighted by Crippen LogP contribution is 2.29. The molecule has 1 fully saturated rings. The maximum absolute atomic E-state index is 12.9. The van der Waals surface area contributed by atoms with Gasteiger partial charge in [0.2, 0.25) is 5.91 Å². The monoisotopic (exact) mass is 498 g/mol. The molecule has 1 saturated heterocycles. The van der Waals surface area contributed by atoms with E-state index < -0.39 is 55.1 Å². The van der Waals surface area contributed by atoms with Gasteiger partial charge in [0.25, 0.3) is 0 Å². The summed E-state index contributed by atoms with van der Waals surface area (Å²) in [6.07, 6.45) is -4.37. The van der Waals surface area contributed by atoms with Crippen molar-refractivity contribution in [3.63, 3.8) is 0 Å². The Morgan fingerprint density at radius 3 is 2.48 bits per heavy atom. The molecule has 1 heterocycles. The molecule has 0 saturated carbocycles. The first kappa shape index (κ1) is 25.0. The molecular weight excluding hydrogens is 474 g/mol. The van der Waals surface area contributed by atoms with Gasteiger partial charge < -0.3 is 29.3 Å². The molecule has 0 aliphatic carbocycles. The van der Waals surface area contributed by atoms with Crippen molar-refractivity contribution in [3.05, 3.63) is 48.0 Å². The lowest BCUT2D eigenvalue weighted by Crippen LogP contribution is -2.69. The van der Waals surface area contributed by atoms with Crippen LogP contribution in [0.2, 0.25) is 0 Å². The maximum Gasteiger partial charge on any atom is 0.338 e. The van der Waals surface area contributed by atoms with E-state index in [4.69, 9.17) is 14.2 Å². The fourth-order valence-electron chi connectivity index (χ4n) is 3.46. The first-order chi connectivity index (χ1) is 14.7. The highest BCUT2D eigenvalue weighted by Gasteiger charge is 2.49. The van der Waals surface area contributed by atoms with E-state index in [9.17, 15) is 24.6 Å². The Labute approximate surface area is 188 Å². The van der Waals surface area contributed by atoms with Gasteiger partial charge in [-0.15, -0.1) is 6.58 Å². The molecule has 0 spiro atoms. The number of esters is 2. The summed E-state index contributed by atoms with van der Waals surface area (Å²) in [5.41, 5.74) is 0.914. The molecule has 0 radical (unpaired) electrons. The third-order valence-electron chi connectivity index (χ3n) is 4.81. The van der Waals surface area contributed by atoms with Gasteiger partial charge in [0, 0.05) is 32.0 Å². The SMILES string of the molecule is C=CCN(C(C)=O)[C@@H]1[C@@H](OC(C)=O)[C@H](OC(=O)c2ccccc2CBr)[C@@H](CO)O[C@@H]1[O-]. The molecule has 1 aromatic carbocycles. The molecule has 0 unspecified atom stereocenters. The molecule has 5 atom stereocenters. The molecule has 9 nitrogen and oxygen atoms in total. The van der Waals surface area contributed by atoms with Gasteiger partial charge in [-0.2, -0.15) is 0 Å². The summed E-state index contributed by atoms with van der Waals surface area (Å²) in [7, 11) is 0. The van der Waals surface area contributed by atoms with Gasteiger partial charge in [0.05, 0.1) is 18.2 Å². The fourth-order valence-corrected chi connectivity index (χ4v) is 3.94. The van der Waals surface area contributed by atoms with E-state index in [2.05, 4.69) is 22.5 Å². The van der Waals surface area contributed by atoms with Crippen LogP contribution in [0, 0.1) is 0 Å². The number of hydrogen-bond acceptors (Lipinski definition) is 8. The van der Waals surface area contributed by atoms with Crippen molar-refractivity contribution >= 4 is 33.8 Å². The summed E-state index contributed by atoms with van der Waals surface area (Å²) < 4.78 is 16.3. The van der Waals surface area contributed by atoms with Gasteiger partial charge in [-0.3, -0.25) is 9.59 Å². The Kier molecular flexibility index (Phi) is 9.17. The van der Waals surface area contributed by atoms with Crippen molar-refractivity contribution in [2.75, 3.05) is 13.2 Å². The third kappa shape index (κ3) is 5.91. The van der Waals surface area contributed by atoms with Crippen LogP contribution in [-0.2, 0) is 29.1 Å². The van der Waals surface area contributed by atoms with Gasteiger partial charge in [0.15, 0.2) is 12.2 Å². The van der Waals surface area contributed by atoms with E-state index in [0.29, 0.717) is 10.9 Å². The van der Waals surface area contributed by atoms with Crippen LogP contribution >= 0.6 is 15.9 Å². The van der Waals surface area contributed by atoms with Gasteiger partial charge in [-0.05, 0) is 11.6 Å². The van der Waals surface area contributed by atoms with E-state index in [1.54, 1.807) is 24.3 Å². The highest BCUT2D eigenvalue weighted by molar-refractivity contribution is 9.08. The van der Waals surface area contributed by atoms with Crippen LogP contribution in [-0.4, -0.2) is 71.6 Å². The second-order valence-corrected chi connectivity index (χ2v) is 7.47. The molecule has 10 heteroatoms. The summed E-state index contributed by atoms with van der Waals surface area (Å²) in [6.45, 7) is 5.26. The van der Waals surface area contributed by atoms with Gasteiger partial charge in [0.1, 0.15) is 6.10 Å². The summed E-state index contributed by atoms with van der Waals surface area (Å²) in [5, 5.41) is 22.9. The quantitative estimate of drug-likeness (QED) is 0.312. The number of rotatable bonds is 8. The molecule has 1 amide bonds. The summed E-state index contributed by atoms with van der Waals surface area (Å²) >= 11 is 3.30. The first-order valence-corrected chi connectivity index (χ1v) is 10.7. The lowest BCUT2D eigenvalue weighted by Gasteiger charge is -2.51. The number of alkyl halides is 1. The van der Waals surface area contributed by atoms with E-state index >= 15 is 0 Å². The van der Waals surface area contributed by atoms with Crippen LogP contribution in [0.3, 0.4) is 0 Å². The smallest absolute Gasteiger partial charge is 0.338 e. The Morgan fingerprint density at radius 2 is 1.94 bits per heavy atom. The lowest BCUT2D eigenvalue weighted by atomic mass is 9.94. The molecule has 1 aliphatic heterocycles. The Balaban J connectivity index is 2.46. The zero-order valence-electron chi connectivity index (χ0n) is 17.2. The summed E-state index contributed by atoms with van der Waals surface area (Å²) in [4.78, 5) is 38.0. The van der Waals surface area contributed by atoms with Gasteiger partial charge in [-0.1, -0.05) is 40.2 Å². The zero-order valence-corrected chi connectivity index (χ0v) is 18.8. The van der Waals surface area contributed by atoms with E-state index in [1.165, 1.54) is 13.0 Å². The lowest BCUT2D eigenvalue weighted by molar-refractivity contribution is -0.524. The van der Waals surface area contributed by atoms with Crippen molar-refractivity contribution in [1.82, 2.24) is 4.90 Å². The topological polar surface area (TPSA) is 125 Å². The predicted molar refractivity (Wildman–Crippen MR) is 111 cm³/mol. The molecular formula is C21H25BrNO8-. The van der Waals surface area contributed by atoms with E-state index in [1.807, 2.05) is 0 Å². The minimum atomic E-state index is -1.85. The molecule has 170 valence electrons. The number of benzene rings is 1. The Bertz CT molecular complexity index is 816. The minimum absolute atomic E-state index is 0.0171. The number of carbonyl (C=O) groups excluding carboxylic acids is 3. The average molecular weight is 499 g/mol. The van der Waals surface area contributed by atoms with Crippen molar-refractivity contribution in [3.8, 4) is 0 Å². The van der Waals surface area contributed by atoms with Gasteiger partial charge >= 0.3 is 11.9 Å². The number of aliphatic hydroxyl groups is 1. The third-order valence-corrected chi connectivity index (χ3v) is 5.42. The van der Waals surface area contributed by atoms with Crippen molar-refractivity contribution in [2.45, 2.75) is 49.8 Å². The fraction of sp³-hybridized carbons (Fsp3) is 0.476. The molecule has 31 heavy (non-hydrogen) atoms. The standard InChI is InChI=1S/C21H25BrNO8/c1-4-9-23(12(2)25)17-19(29-13(3)26)18(16(11-24)30-21(17)28)31-20(27)15-8-6-5-7-14(15)10-22/h4-8,16-19,21,24H,1,9-11H2,2-3H3/q-1/t16-,17-,18-,19-,21+/m1/s1. The van der Waals surface area contributed by atoms with Crippen LogP contribution < -0.4 is 5.11 Å².